The van der Waals surface area contributed by atoms with E-state index in [0.29, 0.717) is 0 Å². The summed E-state index contributed by atoms with van der Waals surface area (Å²) < 4.78 is 9.05. The summed E-state index contributed by atoms with van der Waals surface area (Å²) >= 11 is 0. The van der Waals surface area contributed by atoms with E-state index >= 15 is 0 Å². The summed E-state index contributed by atoms with van der Waals surface area (Å²) in [5, 5.41) is 7.01. The SMILES string of the molecule is c1ccc(-c2ccc(N(c3ccc(-c4cccc(-n5c6ccccc6c6ccccc65)c4)cc3)c3ccccc3-c3cc4ccccc4c4oc5ccccc5c34)cc2)cc1. The van der Waals surface area contributed by atoms with Gasteiger partial charge in [-0.2, -0.15) is 0 Å². The smallest absolute Gasteiger partial charge is 0.143 e. The summed E-state index contributed by atoms with van der Waals surface area (Å²) in [6.07, 6.45) is 0. The summed E-state index contributed by atoms with van der Waals surface area (Å²) in [5.41, 5.74) is 15.5. The first-order chi connectivity index (χ1) is 30.3. The summed E-state index contributed by atoms with van der Waals surface area (Å²) in [6.45, 7) is 0. The maximum Gasteiger partial charge on any atom is 0.143 e. The van der Waals surface area contributed by atoms with Gasteiger partial charge in [0.25, 0.3) is 0 Å². The fraction of sp³-hybridized carbons (Fsp3) is 0. The lowest BCUT2D eigenvalue weighted by Gasteiger charge is -2.28. The van der Waals surface area contributed by atoms with Crippen molar-refractivity contribution in [1.82, 2.24) is 4.57 Å². The molecule has 0 atom stereocenters. The van der Waals surface area contributed by atoms with Crippen molar-refractivity contribution in [3.8, 4) is 39.1 Å². The lowest BCUT2D eigenvalue weighted by atomic mass is 9.93. The van der Waals surface area contributed by atoms with Gasteiger partial charge in [0.15, 0.2) is 0 Å². The zero-order chi connectivity index (χ0) is 40.3. The van der Waals surface area contributed by atoms with Gasteiger partial charge in [0, 0.05) is 49.6 Å². The maximum atomic E-state index is 6.67. The third kappa shape index (κ3) is 5.82. The number of anilines is 3. The molecule has 0 saturated heterocycles. The number of nitrogens with zero attached hydrogens (tertiary/aromatic N) is 2. The topological polar surface area (TPSA) is 21.3 Å². The van der Waals surface area contributed by atoms with Crippen LogP contribution < -0.4 is 4.90 Å². The minimum atomic E-state index is 0.888. The first-order valence-corrected chi connectivity index (χ1v) is 20.8. The Morgan fingerprint density at radius 2 is 0.902 bits per heavy atom. The normalized spacial score (nSPS) is 11.6. The van der Waals surface area contributed by atoms with E-state index in [0.717, 1.165) is 77.7 Å². The molecular formula is C58H38N2O. The monoisotopic (exact) mass is 778 g/mol. The van der Waals surface area contributed by atoms with Crippen molar-refractivity contribution in [1.29, 1.82) is 0 Å². The number of hydrogen-bond acceptors (Lipinski definition) is 2. The first-order valence-electron chi connectivity index (χ1n) is 20.8. The van der Waals surface area contributed by atoms with Gasteiger partial charge in [0.2, 0.25) is 0 Å². The standard InChI is InChI=1S/C58H38N2O/c1-2-15-39(16-3-1)40-29-33-44(34-30-40)59(53-25-10-8-23-50(53)52-38-43-17-4-5-20-47(43)58-57(52)51-24-9-13-28-56(51)61-58)45-35-31-41(32-36-45)42-18-14-19-46(37-42)60-54-26-11-6-21-48(54)49-22-7-12-27-55(49)60/h1-38H. The van der Waals surface area contributed by atoms with Crippen molar-refractivity contribution >= 4 is 71.6 Å². The number of furan rings is 1. The van der Waals surface area contributed by atoms with Crippen LogP contribution in [0.3, 0.4) is 0 Å². The number of hydrogen-bond donors (Lipinski definition) is 0. The fourth-order valence-electron chi connectivity index (χ4n) is 9.36. The van der Waals surface area contributed by atoms with Crippen LogP contribution in [0.5, 0.6) is 0 Å². The number of fused-ring (bicyclic) bond motifs is 8. The van der Waals surface area contributed by atoms with Crippen molar-refractivity contribution in [2.45, 2.75) is 0 Å². The first kappa shape index (κ1) is 34.9. The average Bonchev–Trinajstić information content (AvgIpc) is 3.89. The molecule has 0 saturated carbocycles. The molecule has 0 amide bonds. The number of para-hydroxylation sites is 4. The Morgan fingerprint density at radius 3 is 1.62 bits per heavy atom. The van der Waals surface area contributed by atoms with Crippen molar-refractivity contribution in [2.75, 3.05) is 4.90 Å². The van der Waals surface area contributed by atoms with Crippen LogP contribution in [0, 0.1) is 0 Å². The zero-order valence-electron chi connectivity index (χ0n) is 33.2. The molecule has 0 fully saturated rings. The second kappa shape index (κ2) is 14.3. The number of benzene rings is 10. The van der Waals surface area contributed by atoms with Crippen LogP contribution in [0.15, 0.2) is 235 Å². The Labute approximate surface area is 353 Å². The molecule has 2 aromatic heterocycles. The summed E-state index contributed by atoms with van der Waals surface area (Å²) in [7, 11) is 0. The van der Waals surface area contributed by atoms with Crippen molar-refractivity contribution in [2.24, 2.45) is 0 Å². The molecule has 0 aliphatic carbocycles. The Balaban J connectivity index is 1.01. The van der Waals surface area contributed by atoms with Gasteiger partial charge in [0.05, 0.1) is 16.7 Å². The molecule has 12 rings (SSSR count). The van der Waals surface area contributed by atoms with E-state index in [9.17, 15) is 0 Å². The van der Waals surface area contributed by atoms with E-state index in [1.54, 1.807) is 0 Å². The third-order valence-corrected chi connectivity index (χ3v) is 12.2. The molecule has 3 heteroatoms. The molecule has 0 unspecified atom stereocenters. The molecule has 0 bridgehead atoms. The lowest BCUT2D eigenvalue weighted by Crippen LogP contribution is -2.11. The zero-order valence-corrected chi connectivity index (χ0v) is 33.2. The molecule has 0 radical (unpaired) electrons. The molecule has 0 spiro atoms. The number of aromatic nitrogens is 1. The molecule has 10 aromatic carbocycles. The Kier molecular flexibility index (Phi) is 8.17. The van der Waals surface area contributed by atoms with Gasteiger partial charge >= 0.3 is 0 Å². The second-order valence-corrected chi connectivity index (χ2v) is 15.7. The average molecular weight is 779 g/mol. The quantitative estimate of drug-likeness (QED) is 0.161. The number of rotatable bonds is 7. The molecule has 12 aromatic rings. The highest BCUT2D eigenvalue weighted by Gasteiger charge is 2.22. The van der Waals surface area contributed by atoms with Crippen molar-refractivity contribution in [3.05, 3.63) is 231 Å². The predicted octanol–water partition coefficient (Wildman–Crippen LogP) is 16.3. The summed E-state index contributed by atoms with van der Waals surface area (Å²) in [6, 6.07) is 82.9. The van der Waals surface area contributed by atoms with Crippen LogP contribution in [0.1, 0.15) is 0 Å². The van der Waals surface area contributed by atoms with Crippen LogP contribution in [0.25, 0.3) is 93.6 Å². The molecular weight excluding hydrogens is 741 g/mol. The predicted molar refractivity (Wildman–Crippen MR) is 257 cm³/mol. The van der Waals surface area contributed by atoms with E-state index in [2.05, 4.69) is 234 Å². The Morgan fingerprint density at radius 1 is 0.361 bits per heavy atom. The molecule has 3 nitrogen and oxygen atoms in total. The second-order valence-electron chi connectivity index (χ2n) is 15.7. The highest BCUT2D eigenvalue weighted by molar-refractivity contribution is 6.22. The van der Waals surface area contributed by atoms with Crippen LogP contribution in [-0.2, 0) is 0 Å². The maximum absolute atomic E-state index is 6.67. The van der Waals surface area contributed by atoms with E-state index in [-0.39, 0.29) is 0 Å². The molecule has 286 valence electrons. The minimum absolute atomic E-state index is 0.888. The van der Waals surface area contributed by atoms with Crippen LogP contribution in [-0.4, -0.2) is 4.57 Å². The highest BCUT2D eigenvalue weighted by Crippen LogP contribution is 2.47. The molecule has 2 heterocycles. The van der Waals surface area contributed by atoms with Gasteiger partial charge in [-0.15, -0.1) is 0 Å². The van der Waals surface area contributed by atoms with Gasteiger partial charge in [0.1, 0.15) is 11.2 Å². The van der Waals surface area contributed by atoms with E-state index in [1.165, 1.54) is 32.9 Å². The van der Waals surface area contributed by atoms with Gasteiger partial charge in [-0.3, -0.25) is 0 Å². The van der Waals surface area contributed by atoms with E-state index < -0.39 is 0 Å². The van der Waals surface area contributed by atoms with Gasteiger partial charge < -0.3 is 13.9 Å². The highest BCUT2D eigenvalue weighted by atomic mass is 16.3. The van der Waals surface area contributed by atoms with Gasteiger partial charge in [-0.05, 0) is 99.9 Å². The largest absolute Gasteiger partial charge is 0.455 e. The van der Waals surface area contributed by atoms with E-state index in [1.807, 2.05) is 6.07 Å². The summed E-state index contributed by atoms with van der Waals surface area (Å²) in [4.78, 5) is 2.39. The lowest BCUT2D eigenvalue weighted by molar-refractivity contribution is 0.673. The molecule has 0 aliphatic heterocycles. The Hall–Kier alpha value is -8.14. The van der Waals surface area contributed by atoms with Crippen LogP contribution in [0.4, 0.5) is 17.1 Å². The van der Waals surface area contributed by atoms with Crippen LogP contribution in [0.2, 0.25) is 0 Å². The van der Waals surface area contributed by atoms with Crippen molar-refractivity contribution < 1.29 is 4.42 Å². The Bertz CT molecular complexity index is 3520. The van der Waals surface area contributed by atoms with Gasteiger partial charge in [-0.25, -0.2) is 0 Å². The molecule has 61 heavy (non-hydrogen) atoms. The van der Waals surface area contributed by atoms with Gasteiger partial charge in [-0.1, -0.05) is 164 Å². The summed E-state index contributed by atoms with van der Waals surface area (Å²) in [5.74, 6) is 0. The molecule has 0 aliphatic rings. The van der Waals surface area contributed by atoms with Crippen LogP contribution >= 0.6 is 0 Å². The third-order valence-electron chi connectivity index (χ3n) is 12.2. The molecule has 0 N–H and O–H groups in total. The van der Waals surface area contributed by atoms with E-state index in [4.69, 9.17) is 4.42 Å². The minimum Gasteiger partial charge on any atom is -0.455 e. The fourth-order valence-corrected chi connectivity index (χ4v) is 9.36. The van der Waals surface area contributed by atoms with Crippen molar-refractivity contribution in [3.63, 3.8) is 0 Å².